The van der Waals surface area contributed by atoms with Crippen LogP contribution in [-0.2, 0) is 13.1 Å². The van der Waals surface area contributed by atoms with E-state index in [1.165, 1.54) is 0 Å². The molecule has 2 rings (SSSR count). The van der Waals surface area contributed by atoms with Crippen LogP contribution in [0.2, 0.25) is 0 Å². The summed E-state index contributed by atoms with van der Waals surface area (Å²) >= 11 is 0. The average molecular weight is 270 g/mol. The highest BCUT2D eigenvalue weighted by atomic mass is 15.1. The van der Waals surface area contributed by atoms with Crippen molar-refractivity contribution in [2.75, 3.05) is 18.4 Å². The quantitative estimate of drug-likeness (QED) is 0.840. The van der Waals surface area contributed by atoms with Crippen molar-refractivity contribution in [2.45, 2.75) is 26.9 Å². The van der Waals surface area contributed by atoms with Crippen LogP contribution in [0.3, 0.4) is 0 Å². The summed E-state index contributed by atoms with van der Waals surface area (Å²) in [4.78, 5) is 11.2. The van der Waals surface area contributed by atoms with E-state index < -0.39 is 0 Å². The highest BCUT2D eigenvalue weighted by Crippen LogP contribution is 2.11. The Morgan fingerprint density at radius 1 is 1.00 bits per heavy atom. The maximum absolute atomic E-state index is 4.45. The smallest absolute Gasteiger partial charge is 0.0564 e. The number of nitrogens with one attached hydrogen (secondary N) is 1. The molecule has 0 atom stereocenters. The molecule has 4 heteroatoms. The summed E-state index contributed by atoms with van der Waals surface area (Å²) in [5.41, 5.74) is 3.31. The van der Waals surface area contributed by atoms with Crippen LogP contribution in [0.25, 0.3) is 0 Å². The number of hydrogen-bond acceptors (Lipinski definition) is 4. The molecule has 0 unspecified atom stereocenters. The molecule has 2 aromatic rings. The van der Waals surface area contributed by atoms with Gasteiger partial charge in [0.15, 0.2) is 0 Å². The molecule has 0 saturated heterocycles. The third-order valence-electron chi connectivity index (χ3n) is 3.14. The van der Waals surface area contributed by atoms with Gasteiger partial charge in [-0.3, -0.25) is 14.9 Å². The van der Waals surface area contributed by atoms with E-state index in [0.29, 0.717) is 0 Å². The summed E-state index contributed by atoms with van der Waals surface area (Å²) in [6.45, 7) is 7.85. The molecule has 0 amide bonds. The Hall–Kier alpha value is -1.94. The van der Waals surface area contributed by atoms with E-state index in [0.717, 1.165) is 43.3 Å². The molecule has 0 aliphatic carbocycles. The molecule has 1 N–H and O–H groups in total. The van der Waals surface area contributed by atoms with E-state index in [1.54, 1.807) is 0 Å². The van der Waals surface area contributed by atoms with Gasteiger partial charge in [-0.05, 0) is 37.7 Å². The second-order valence-corrected chi connectivity index (χ2v) is 4.69. The number of nitrogens with zero attached hydrogens (tertiary/aromatic N) is 3. The van der Waals surface area contributed by atoms with Crippen LogP contribution in [0.1, 0.15) is 25.2 Å². The molecule has 20 heavy (non-hydrogen) atoms. The number of aromatic nitrogens is 2. The summed E-state index contributed by atoms with van der Waals surface area (Å²) in [6.07, 6.45) is 3.70. The van der Waals surface area contributed by atoms with Crippen molar-refractivity contribution in [3.63, 3.8) is 0 Å². The van der Waals surface area contributed by atoms with E-state index in [9.17, 15) is 0 Å². The first-order valence-corrected chi connectivity index (χ1v) is 7.13. The van der Waals surface area contributed by atoms with Crippen LogP contribution in [0.15, 0.2) is 42.7 Å². The van der Waals surface area contributed by atoms with Crippen molar-refractivity contribution in [3.05, 3.63) is 54.1 Å². The summed E-state index contributed by atoms with van der Waals surface area (Å²) in [7, 11) is 0. The molecule has 0 fully saturated rings. The number of hydrogen-bond donors (Lipinski definition) is 1. The first-order valence-electron chi connectivity index (χ1n) is 7.13. The fourth-order valence-corrected chi connectivity index (χ4v) is 2.11. The monoisotopic (exact) mass is 270 g/mol. The zero-order valence-corrected chi connectivity index (χ0v) is 12.2. The summed E-state index contributed by atoms with van der Waals surface area (Å²) in [5, 5.41) is 3.32. The lowest BCUT2D eigenvalue weighted by molar-refractivity contribution is 0.265. The second kappa shape index (κ2) is 7.60. The second-order valence-electron chi connectivity index (χ2n) is 4.69. The predicted octanol–water partition coefficient (Wildman–Crippen LogP) is 2.93. The van der Waals surface area contributed by atoms with Gasteiger partial charge < -0.3 is 5.32 Å². The molecular formula is C16H22N4. The third-order valence-corrected chi connectivity index (χ3v) is 3.14. The van der Waals surface area contributed by atoms with Gasteiger partial charge in [-0.15, -0.1) is 0 Å². The van der Waals surface area contributed by atoms with Crippen molar-refractivity contribution in [3.8, 4) is 0 Å². The van der Waals surface area contributed by atoms with Gasteiger partial charge in [-0.2, -0.15) is 0 Å². The van der Waals surface area contributed by atoms with Gasteiger partial charge in [0.05, 0.1) is 11.4 Å². The molecule has 4 nitrogen and oxygen atoms in total. The molecule has 0 aliphatic heterocycles. The molecule has 0 bridgehead atoms. The van der Waals surface area contributed by atoms with Crippen LogP contribution in [-0.4, -0.2) is 28.0 Å². The zero-order chi connectivity index (χ0) is 14.2. The molecule has 0 saturated carbocycles. The normalized spacial score (nSPS) is 10.8. The minimum atomic E-state index is 0.840. The van der Waals surface area contributed by atoms with Crippen LogP contribution in [0, 0.1) is 0 Å². The van der Waals surface area contributed by atoms with Crippen molar-refractivity contribution in [1.82, 2.24) is 14.9 Å². The highest BCUT2D eigenvalue weighted by Gasteiger charge is 2.07. The maximum Gasteiger partial charge on any atom is 0.0564 e. The Bertz CT molecular complexity index is 513. The van der Waals surface area contributed by atoms with Crippen molar-refractivity contribution < 1.29 is 0 Å². The Morgan fingerprint density at radius 2 is 1.80 bits per heavy atom. The van der Waals surface area contributed by atoms with Crippen LogP contribution < -0.4 is 5.32 Å². The van der Waals surface area contributed by atoms with Gasteiger partial charge in [-0.1, -0.05) is 13.0 Å². The lowest BCUT2D eigenvalue weighted by Gasteiger charge is -2.19. The Morgan fingerprint density at radius 3 is 2.50 bits per heavy atom. The molecule has 2 heterocycles. The van der Waals surface area contributed by atoms with Gasteiger partial charge in [0.2, 0.25) is 0 Å². The highest BCUT2D eigenvalue weighted by molar-refractivity contribution is 5.42. The summed E-state index contributed by atoms with van der Waals surface area (Å²) in [6, 6.07) is 10.2. The third kappa shape index (κ3) is 4.31. The standard InChI is InChI=1S/C16H22N4/c1-3-17-14-8-10-19-16(11-14)13-20(4-2)12-15-7-5-6-9-18-15/h5-11H,3-4,12-13H2,1-2H3,(H,17,19). The average Bonchev–Trinajstić information content (AvgIpc) is 2.48. The Kier molecular flexibility index (Phi) is 5.50. The molecule has 2 aromatic heterocycles. The topological polar surface area (TPSA) is 41.1 Å². The fraction of sp³-hybridized carbons (Fsp3) is 0.375. The molecule has 106 valence electrons. The SMILES string of the molecule is CCNc1ccnc(CN(CC)Cc2ccccn2)c1. The first kappa shape index (κ1) is 14.5. The van der Waals surface area contributed by atoms with Gasteiger partial charge in [0.1, 0.15) is 0 Å². The van der Waals surface area contributed by atoms with E-state index in [1.807, 2.05) is 30.6 Å². The van der Waals surface area contributed by atoms with Gasteiger partial charge in [-0.25, -0.2) is 0 Å². The number of rotatable bonds is 7. The van der Waals surface area contributed by atoms with E-state index in [4.69, 9.17) is 0 Å². The number of pyridine rings is 2. The molecular weight excluding hydrogens is 248 g/mol. The summed E-state index contributed by atoms with van der Waals surface area (Å²) in [5.74, 6) is 0. The van der Waals surface area contributed by atoms with Crippen LogP contribution in [0.5, 0.6) is 0 Å². The van der Waals surface area contributed by atoms with Crippen LogP contribution in [0.4, 0.5) is 5.69 Å². The molecule has 0 radical (unpaired) electrons. The Balaban J connectivity index is 2.00. The summed E-state index contributed by atoms with van der Waals surface area (Å²) < 4.78 is 0. The zero-order valence-electron chi connectivity index (χ0n) is 12.2. The Labute approximate surface area is 120 Å². The van der Waals surface area contributed by atoms with Crippen molar-refractivity contribution in [1.29, 1.82) is 0 Å². The first-order chi connectivity index (χ1) is 9.81. The molecule has 0 spiro atoms. The van der Waals surface area contributed by atoms with Crippen molar-refractivity contribution >= 4 is 5.69 Å². The van der Waals surface area contributed by atoms with Crippen LogP contribution >= 0.6 is 0 Å². The predicted molar refractivity (Wildman–Crippen MR) is 82.4 cm³/mol. The van der Waals surface area contributed by atoms with Gasteiger partial charge in [0, 0.05) is 37.7 Å². The largest absolute Gasteiger partial charge is 0.385 e. The lowest BCUT2D eigenvalue weighted by atomic mass is 10.2. The number of anilines is 1. The minimum Gasteiger partial charge on any atom is -0.385 e. The fourth-order valence-electron chi connectivity index (χ4n) is 2.11. The molecule has 0 aromatic carbocycles. The van der Waals surface area contributed by atoms with E-state index >= 15 is 0 Å². The van der Waals surface area contributed by atoms with Gasteiger partial charge in [0.25, 0.3) is 0 Å². The van der Waals surface area contributed by atoms with Crippen molar-refractivity contribution in [2.24, 2.45) is 0 Å². The molecule has 0 aliphatic rings. The van der Waals surface area contributed by atoms with E-state index in [-0.39, 0.29) is 0 Å². The lowest BCUT2D eigenvalue weighted by Crippen LogP contribution is -2.23. The van der Waals surface area contributed by atoms with Gasteiger partial charge >= 0.3 is 0 Å². The van der Waals surface area contributed by atoms with E-state index in [2.05, 4.69) is 46.2 Å². The maximum atomic E-state index is 4.45. The minimum absolute atomic E-state index is 0.840.